The van der Waals surface area contributed by atoms with Crippen molar-refractivity contribution in [2.75, 3.05) is 6.54 Å². The summed E-state index contributed by atoms with van der Waals surface area (Å²) in [4.78, 5) is 11.9. The van der Waals surface area contributed by atoms with Crippen LogP contribution in [0.1, 0.15) is 45.7 Å². The molecule has 0 saturated carbocycles. The van der Waals surface area contributed by atoms with Gasteiger partial charge in [-0.1, -0.05) is 37.3 Å². The number of rotatable bonds is 5. The first-order chi connectivity index (χ1) is 8.42. The van der Waals surface area contributed by atoms with Gasteiger partial charge in [-0.2, -0.15) is 0 Å². The lowest BCUT2D eigenvalue weighted by atomic mass is 10.0. The van der Waals surface area contributed by atoms with Crippen LogP contribution in [0.25, 0.3) is 0 Å². The standard InChI is InChI=1S/C15H24N2O/c1-5-13(12-9-7-6-8-10-12)17-14(18)11-16-15(2,3)4/h6-10,13,16H,5,11H2,1-4H3,(H,17,18). The third-order valence-electron chi connectivity index (χ3n) is 2.72. The van der Waals surface area contributed by atoms with E-state index in [0.29, 0.717) is 6.54 Å². The van der Waals surface area contributed by atoms with Crippen molar-refractivity contribution < 1.29 is 4.79 Å². The number of benzene rings is 1. The summed E-state index contributed by atoms with van der Waals surface area (Å²) < 4.78 is 0. The van der Waals surface area contributed by atoms with Gasteiger partial charge in [-0.05, 0) is 32.8 Å². The molecule has 2 N–H and O–H groups in total. The Kier molecular flexibility index (Phi) is 5.35. The van der Waals surface area contributed by atoms with Gasteiger partial charge in [0.15, 0.2) is 0 Å². The van der Waals surface area contributed by atoms with Crippen molar-refractivity contribution in [1.29, 1.82) is 0 Å². The van der Waals surface area contributed by atoms with E-state index in [0.717, 1.165) is 12.0 Å². The summed E-state index contributed by atoms with van der Waals surface area (Å²) in [5.74, 6) is 0.0422. The molecule has 3 heteroatoms. The van der Waals surface area contributed by atoms with Gasteiger partial charge in [0.2, 0.25) is 5.91 Å². The van der Waals surface area contributed by atoms with E-state index >= 15 is 0 Å². The summed E-state index contributed by atoms with van der Waals surface area (Å²) in [6.07, 6.45) is 0.894. The Morgan fingerprint density at radius 1 is 1.22 bits per heavy atom. The van der Waals surface area contributed by atoms with E-state index in [1.165, 1.54) is 0 Å². The Hall–Kier alpha value is -1.35. The van der Waals surface area contributed by atoms with E-state index < -0.39 is 0 Å². The monoisotopic (exact) mass is 248 g/mol. The van der Waals surface area contributed by atoms with Crippen LogP contribution in [0.3, 0.4) is 0 Å². The second kappa shape index (κ2) is 6.55. The predicted molar refractivity (Wildman–Crippen MR) is 75.4 cm³/mol. The van der Waals surface area contributed by atoms with Crippen molar-refractivity contribution in [2.24, 2.45) is 0 Å². The molecule has 1 unspecified atom stereocenters. The van der Waals surface area contributed by atoms with Gasteiger partial charge < -0.3 is 10.6 Å². The largest absolute Gasteiger partial charge is 0.348 e. The van der Waals surface area contributed by atoms with Crippen LogP contribution < -0.4 is 10.6 Å². The van der Waals surface area contributed by atoms with Gasteiger partial charge in [0.25, 0.3) is 0 Å². The lowest BCUT2D eigenvalue weighted by molar-refractivity contribution is -0.121. The molecular formula is C15H24N2O. The maximum Gasteiger partial charge on any atom is 0.234 e. The minimum atomic E-state index is -0.0359. The number of hydrogen-bond donors (Lipinski definition) is 2. The van der Waals surface area contributed by atoms with Crippen molar-refractivity contribution in [3.63, 3.8) is 0 Å². The molecule has 0 radical (unpaired) electrons. The van der Waals surface area contributed by atoms with Crippen molar-refractivity contribution in [1.82, 2.24) is 10.6 Å². The van der Waals surface area contributed by atoms with Crippen LogP contribution in [-0.4, -0.2) is 18.0 Å². The lowest BCUT2D eigenvalue weighted by Crippen LogP contribution is -2.44. The zero-order valence-electron chi connectivity index (χ0n) is 11.8. The molecule has 3 nitrogen and oxygen atoms in total. The summed E-state index contributed by atoms with van der Waals surface area (Å²) in [7, 11) is 0. The van der Waals surface area contributed by atoms with Gasteiger partial charge in [0, 0.05) is 5.54 Å². The molecule has 0 aliphatic carbocycles. The number of amides is 1. The molecule has 0 fully saturated rings. The summed E-state index contributed by atoms with van der Waals surface area (Å²) in [5.41, 5.74) is 1.12. The Balaban J connectivity index is 2.51. The molecule has 0 aliphatic rings. The van der Waals surface area contributed by atoms with Crippen LogP contribution >= 0.6 is 0 Å². The SMILES string of the molecule is CCC(NC(=O)CNC(C)(C)C)c1ccccc1. The van der Waals surface area contributed by atoms with E-state index in [9.17, 15) is 4.79 Å². The van der Waals surface area contributed by atoms with Gasteiger partial charge in [-0.25, -0.2) is 0 Å². The van der Waals surface area contributed by atoms with Gasteiger partial charge in [0.05, 0.1) is 12.6 Å². The molecule has 18 heavy (non-hydrogen) atoms. The van der Waals surface area contributed by atoms with Crippen LogP contribution in [0.4, 0.5) is 0 Å². The Labute approximate surface area is 110 Å². The van der Waals surface area contributed by atoms with Crippen molar-refractivity contribution in [2.45, 2.75) is 45.7 Å². The molecule has 1 rings (SSSR count). The highest BCUT2D eigenvalue weighted by Gasteiger charge is 2.15. The van der Waals surface area contributed by atoms with E-state index in [1.807, 2.05) is 30.3 Å². The van der Waals surface area contributed by atoms with E-state index in [1.54, 1.807) is 0 Å². The van der Waals surface area contributed by atoms with E-state index in [2.05, 4.69) is 38.3 Å². The average Bonchev–Trinajstić information content (AvgIpc) is 2.33. The summed E-state index contributed by atoms with van der Waals surface area (Å²) in [6, 6.07) is 10.2. The highest BCUT2D eigenvalue weighted by Crippen LogP contribution is 2.15. The summed E-state index contributed by atoms with van der Waals surface area (Å²) in [5, 5.41) is 6.24. The highest BCUT2D eigenvalue weighted by molar-refractivity contribution is 5.78. The fraction of sp³-hybridized carbons (Fsp3) is 0.533. The first-order valence-corrected chi connectivity index (χ1v) is 6.51. The average molecular weight is 248 g/mol. The number of nitrogens with one attached hydrogen (secondary N) is 2. The summed E-state index contributed by atoms with van der Waals surface area (Å²) in [6.45, 7) is 8.58. The highest BCUT2D eigenvalue weighted by atomic mass is 16.2. The Morgan fingerprint density at radius 3 is 2.33 bits per heavy atom. The minimum Gasteiger partial charge on any atom is -0.348 e. The molecule has 0 bridgehead atoms. The Morgan fingerprint density at radius 2 is 1.83 bits per heavy atom. The van der Waals surface area contributed by atoms with Crippen LogP contribution in [-0.2, 0) is 4.79 Å². The van der Waals surface area contributed by atoms with Crippen LogP contribution in [0.2, 0.25) is 0 Å². The maximum absolute atomic E-state index is 11.9. The number of hydrogen-bond acceptors (Lipinski definition) is 2. The van der Waals surface area contributed by atoms with E-state index in [-0.39, 0.29) is 17.5 Å². The van der Waals surface area contributed by atoms with E-state index in [4.69, 9.17) is 0 Å². The third kappa shape index (κ3) is 5.32. The molecule has 0 aromatic heterocycles. The molecule has 1 amide bonds. The topological polar surface area (TPSA) is 41.1 Å². The van der Waals surface area contributed by atoms with Crippen molar-refractivity contribution >= 4 is 5.91 Å². The fourth-order valence-electron chi connectivity index (χ4n) is 1.70. The lowest BCUT2D eigenvalue weighted by Gasteiger charge is -2.22. The molecule has 100 valence electrons. The Bertz CT molecular complexity index is 368. The second-order valence-electron chi connectivity index (χ2n) is 5.54. The number of carbonyl (C=O) groups excluding carboxylic acids is 1. The van der Waals surface area contributed by atoms with Crippen LogP contribution in [0.5, 0.6) is 0 Å². The molecule has 0 spiro atoms. The first-order valence-electron chi connectivity index (χ1n) is 6.51. The van der Waals surface area contributed by atoms with Gasteiger partial charge in [-0.15, -0.1) is 0 Å². The van der Waals surface area contributed by atoms with Gasteiger partial charge in [-0.3, -0.25) is 4.79 Å². The molecular weight excluding hydrogens is 224 g/mol. The predicted octanol–water partition coefficient (Wildman–Crippen LogP) is 2.64. The van der Waals surface area contributed by atoms with Gasteiger partial charge >= 0.3 is 0 Å². The van der Waals surface area contributed by atoms with Crippen LogP contribution in [0, 0.1) is 0 Å². The smallest absolute Gasteiger partial charge is 0.234 e. The zero-order chi connectivity index (χ0) is 13.6. The quantitative estimate of drug-likeness (QED) is 0.841. The molecule has 0 saturated heterocycles. The summed E-state index contributed by atoms with van der Waals surface area (Å²) >= 11 is 0. The normalized spacial score (nSPS) is 13.1. The molecule has 0 heterocycles. The van der Waals surface area contributed by atoms with Crippen molar-refractivity contribution in [3.05, 3.63) is 35.9 Å². The molecule has 1 atom stereocenters. The first kappa shape index (κ1) is 14.7. The fourth-order valence-corrected chi connectivity index (χ4v) is 1.70. The molecule has 1 aromatic rings. The third-order valence-corrected chi connectivity index (χ3v) is 2.72. The van der Waals surface area contributed by atoms with Gasteiger partial charge in [0.1, 0.15) is 0 Å². The number of carbonyl (C=O) groups is 1. The second-order valence-corrected chi connectivity index (χ2v) is 5.54. The molecule has 0 aliphatic heterocycles. The zero-order valence-corrected chi connectivity index (χ0v) is 11.8. The molecule has 1 aromatic carbocycles. The maximum atomic E-state index is 11.9. The van der Waals surface area contributed by atoms with Crippen molar-refractivity contribution in [3.8, 4) is 0 Å². The minimum absolute atomic E-state index is 0.0359. The van der Waals surface area contributed by atoms with Crippen LogP contribution in [0.15, 0.2) is 30.3 Å².